The van der Waals surface area contributed by atoms with E-state index < -0.39 is 0 Å². The van der Waals surface area contributed by atoms with Crippen molar-refractivity contribution in [3.63, 3.8) is 0 Å². The second-order valence-electron chi connectivity index (χ2n) is 8.01. The first-order valence-electron chi connectivity index (χ1n) is 10.0. The number of amides is 1. The van der Waals surface area contributed by atoms with Gasteiger partial charge in [-0.05, 0) is 55.5 Å². The number of rotatable bonds is 4. The molecule has 0 saturated carbocycles. The number of nitrogens with zero attached hydrogens (tertiary/aromatic N) is 2. The maximum absolute atomic E-state index is 12.7. The number of para-hydroxylation sites is 1. The van der Waals surface area contributed by atoms with Crippen LogP contribution in [-0.4, -0.2) is 44.0 Å². The van der Waals surface area contributed by atoms with Crippen molar-refractivity contribution in [2.45, 2.75) is 32.7 Å². The van der Waals surface area contributed by atoms with Crippen molar-refractivity contribution in [3.8, 4) is 0 Å². The Bertz CT molecular complexity index is 808. The summed E-state index contributed by atoms with van der Waals surface area (Å²) in [5.74, 6) is 0.800. The molecule has 2 aliphatic rings. The summed E-state index contributed by atoms with van der Waals surface area (Å²) in [5.41, 5.74) is 3.84. The molecule has 1 atom stereocenters. The van der Waals surface area contributed by atoms with E-state index in [1.165, 1.54) is 28.1 Å². The minimum absolute atomic E-state index is 0.0650. The molecule has 1 fully saturated rings. The lowest BCUT2D eigenvalue weighted by atomic mass is 9.90. The zero-order valence-corrected chi connectivity index (χ0v) is 17.1. The number of piperazine rings is 1. The molecule has 1 amide bonds. The second-order valence-corrected chi connectivity index (χ2v) is 9.15. The van der Waals surface area contributed by atoms with E-state index in [9.17, 15) is 4.79 Å². The van der Waals surface area contributed by atoms with Gasteiger partial charge in [-0.25, -0.2) is 0 Å². The molecule has 2 aromatic rings. The lowest BCUT2D eigenvalue weighted by Crippen LogP contribution is -2.45. The minimum Gasteiger partial charge on any atom is -0.369 e. The van der Waals surface area contributed by atoms with Crippen LogP contribution in [0.2, 0.25) is 0 Å². The normalized spacial score (nSPS) is 20.4. The molecule has 0 radical (unpaired) electrons. The van der Waals surface area contributed by atoms with Crippen LogP contribution in [0.25, 0.3) is 0 Å². The fraction of sp³-hybridized carbons (Fsp3) is 0.500. The maximum Gasteiger partial charge on any atom is 0.261 e. The van der Waals surface area contributed by atoms with Gasteiger partial charge in [-0.1, -0.05) is 25.1 Å². The number of carbonyl (C=O) groups is 1. The topological polar surface area (TPSA) is 35.6 Å². The molecule has 27 heavy (non-hydrogen) atoms. The fourth-order valence-corrected chi connectivity index (χ4v) is 5.22. The first-order chi connectivity index (χ1) is 13.1. The first-order valence-corrected chi connectivity index (χ1v) is 10.8. The van der Waals surface area contributed by atoms with Crippen molar-refractivity contribution < 1.29 is 4.79 Å². The molecule has 1 aliphatic heterocycles. The van der Waals surface area contributed by atoms with Gasteiger partial charge in [0.1, 0.15) is 0 Å². The smallest absolute Gasteiger partial charge is 0.261 e. The molecule has 1 N–H and O–H groups in total. The van der Waals surface area contributed by atoms with E-state index in [1.54, 1.807) is 11.3 Å². The minimum atomic E-state index is 0.0650. The third-order valence-electron chi connectivity index (χ3n) is 5.83. The zero-order chi connectivity index (χ0) is 18.8. The Hall–Kier alpha value is -1.85. The Morgan fingerprint density at radius 2 is 2.00 bits per heavy atom. The lowest BCUT2D eigenvalue weighted by Gasteiger charge is -2.35. The summed E-state index contributed by atoms with van der Waals surface area (Å²) in [4.78, 5) is 19.8. The van der Waals surface area contributed by atoms with E-state index >= 15 is 0 Å². The molecule has 1 saturated heterocycles. The predicted molar refractivity (Wildman–Crippen MR) is 113 cm³/mol. The Labute approximate surface area is 166 Å². The molecule has 0 spiro atoms. The van der Waals surface area contributed by atoms with Crippen LogP contribution in [0.4, 0.5) is 5.69 Å². The molecule has 0 bridgehead atoms. The summed E-state index contributed by atoms with van der Waals surface area (Å²) < 4.78 is 0. The first kappa shape index (κ1) is 18.5. The summed E-state index contributed by atoms with van der Waals surface area (Å²) in [5, 5.41) is 3.16. The number of benzene rings is 1. The number of hydrogen-bond donors (Lipinski definition) is 1. The van der Waals surface area contributed by atoms with Gasteiger partial charge in [0.25, 0.3) is 5.91 Å². The standard InChI is InChI=1S/C22H29N3OS/c1-16-7-8-20-18(13-16)14-21(27-20)22(26)23-15-17-5-3-4-6-19(17)25-11-9-24(2)10-12-25/h3-6,14,16H,7-13,15H2,1-2H3,(H,23,26). The van der Waals surface area contributed by atoms with E-state index in [2.05, 4.69) is 59.4 Å². The SMILES string of the molecule is CC1CCc2sc(C(=O)NCc3ccccc3N3CCN(C)CC3)cc2C1. The average molecular weight is 384 g/mol. The molecule has 4 nitrogen and oxygen atoms in total. The van der Waals surface area contributed by atoms with Crippen molar-refractivity contribution in [1.29, 1.82) is 0 Å². The van der Waals surface area contributed by atoms with Gasteiger partial charge in [0, 0.05) is 43.3 Å². The van der Waals surface area contributed by atoms with Gasteiger partial charge in [-0.2, -0.15) is 0 Å². The van der Waals surface area contributed by atoms with Gasteiger partial charge < -0.3 is 15.1 Å². The van der Waals surface area contributed by atoms with Crippen LogP contribution < -0.4 is 10.2 Å². The van der Waals surface area contributed by atoms with Crippen LogP contribution >= 0.6 is 11.3 Å². The molecule has 5 heteroatoms. The number of fused-ring (bicyclic) bond motifs is 1. The van der Waals surface area contributed by atoms with E-state index in [0.717, 1.165) is 49.8 Å². The van der Waals surface area contributed by atoms with Crippen LogP contribution in [0.5, 0.6) is 0 Å². The van der Waals surface area contributed by atoms with Crippen molar-refractivity contribution in [3.05, 3.63) is 51.2 Å². The number of likely N-dealkylation sites (N-methyl/N-ethyl adjacent to an activating group) is 1. The highest BCUT2D eigenvalue weighted by molar-refractivity contribution is 7.14. The van der Waals surface area contributed by atoms with E-state index in [4.69, 9.17) is 0 Å². The highest BCUT2D eigenvalue weighted by atomic mass is 32.1. The molecule has 1 aromatic carbocycles. The number of aryl methyl sites for hydroxylation is 1. The van der Waals surface area contributed by atoms with Gasteiger partial charge >= 0.3 is 0 Å². The molecular weight excluding hydrogens is 354 g/mol. The number of thiophene rings is 1. The zero-order valence-electron chi connectivity index (χ0n) is 16.3. The Morgan fingerprint density at radius 3 is 2.81 bits per heavy atom. The molecular formula is C22H29N3OS. The monoisotopic (exact) mass is 383 g/mol. The van der Waals surface area contributed by atoms with E-state index in [-0.39, 0.29) is 5.91 Å². The van der Waals surface area contributed by atoms with Crippen LogP contribution in [0, 0.1) is 5.92 Å². The number of carbonyl (C=O) groups excluding carboxylic acids is 1. The number of hydrogen-bond acceptors (Lipinski definition) is 4. The molecule has 1 unspecified atom stereocenters. The quantitative estimate of drug-likeness (QED) is 0.877. The average Bonchev–Trinajstić information content (AvgIpc) is 3.10. The largest absolute Gasteiger partial charge is 0.369 e. The van der Waals surface area contributed by atoms with Crippen LogP contribution in [0.1, 0.15) is 39.0 Å². The van der Waals surface area contributed by atoms with Gasteiger partial charge in [-0.15, -0.1) is 11.3 Å². The molecule has 2 heterocycles. The summed E-state index contributed by atoms with van der Waals surface area (Å²) in [7, 11) is 2.17. The Kier molecular flexibility index (Phi) is 5.50. The van der Waals surface area contributed by atoms with Crippen LogP contribution in [0.3, 0.4) is 0 Å². The van der Waals surface area contributed by atoms with Gasteiger partial charge in [0.2, 0.25) is 0 Å². The summed E-state index contributed by atoms with van der Waals surface area (Å²) in [6, 6.07) is 10.6. The molecule has 144 valence electrons. The third kappa shape index (κ3) is 4.19. The summed E-state index contributed by atoms with van der Waals surface area (Å²) in [6.45, 7) is 7.13. The predicted octanol–water partition coefficient (Wildman–Crippen LogP) is 3.55. The lowest BCUT2D eigenvalue weighted by molar-refractivity contribution is 0.0955. The van der Waals surface area contributed by atoms with Crippen LogP contribution in [0.15, 0.2) is 30.3 Å². The van der Waals surface area contributed by atoms with Crippen molar-refractivity contribution in [2.75, 3.05) is 38.1 Å². The van der Waals surface area contributed by atoms with Gasteiger partial charge in [-0.3, -0.25) is 4.79 Å². The second kappa shape index (κ2) is 8.03. The van der Waals surface area contributed by atoms with Crippen LogP contribution in [-0.2, 0) is 19.4 Å². The van der Waals surface area contributed by atoms with E-state index in [1.807, 2.05) is 0 Å². The summed E-state index contributed by atoms with van der Waals surface area (Å²) >= 11 is 1.69. The van der Waals surface area contributed by atoms with Gasteiger partial charge in [0.05, 0.1) is 4.88 Å². The highest BCUT2D eigenvalue weighted by Gasteiger charge is 2.21. The number of anilines is 1. The molecule has 4 rings (SSSR count). The highest BCUT2D eigenvalue weighted by Crippen LogP contribution is 2.32. The van der Waals surface area contributed by atoms with Crippen molar-refractivity contribution in [2.24, 2.45) is 5.92 Å². The van der Waals surface area contributed by atoms with Crippen molar-refractivity contribution >= 4 is 22.9 Å². The number of nitrogens with one attached hydrogen (secondary N) is 1. The maximum atomic E-state index is 12.7. The Balaban J connectivity index is 1.42. The summed E-state index contributed by atoms with van der Waals surface area (Å²) in [6.07, 6.45) is 3.49. The fourth-order valence-electron chi connectivity index (χ4n) is 4.10. The molecule has 1 aliphatic carbocycles. The molecule has 1 aromatic heterocycles. The van der Waals surface area contributed by atoms with E-state index in [0.29, 0.717) is 6.54 Å². The van der Waals surface area contributed by atoms with Gasteiger partial charge in [0.15, 0.2) is 0 Å². The third-order valence-corrected chi connectivity index (χ3v) is 7.06. The Morgan fingerprint density at radius 1 is 1.22 bits per heavy atom. The van der Waals surface area contributed by atoms with Crippen molar-refractivity contribution in [1.82, 2.24) is 10.2 Å².